The predicted octanol–water partition coefficient (Wildman–Crippen LogP) is 2.45. The van der Waals surface area contributed by atoms with E-state index >= 15 is 0 Å². The van der Waals surface area contributed by atoms with Crippen molar-refractivity contribution >= 4 is 22.5 Å². The van der Waals surface area contributed by atoms with E-state index in [4.69, 9.17) is 5.11 Å². The smallest absolute Gasteiger partial charge is 0.339 e. The van der Waals surface area contributed by atoms with E-state index in [0.29, 0.717) is 10.8 Å². The molecule has 0 unspecified atom stereocenters. The number of fused-ring (bicyclic) bond motifs is 1. The van der Waals surface area contributed by atoms with Gasteiger partial charge in [0.15, 0.2) is 5.78 Å². The fourth-order valence-electron chi connectivity index (χ4n) is 1.86. The highest BCUT2D eigenvalue weighted by atomic mass is 16.4. The Hall–Kier alpha value is -2.36. The number of carboxylic acid groups (broad SMARTS) is 1. The van der Waals surface area contributed by atoms with Gasteiger partial charge >= 0.3 is 5.97 Å². The number of hydrogen-bond donors (Lipinski definition) is 2. The standard InChI is InChI=1S/C13H10O4/c1-7(14)11-9-5-3-2-4-8(9)6-10(12(11)15)13(16)17/h2-6,15H,1H3,(H,16,17). The van der Waals surface area contributed by atoms with Crippen molar-refractivity contribution in [1.82, 2.24) is 0 Å². The molecule has 0 radical (unpaired) electrons. The van der Waals surface area contributed by atoms with Gasteiger partial charge in [-0.05, 0) is 23.8 Å². The molecule has 0 saturated heterocycles. The van der Waals surface area contributed by atoms with Gasteiger partial charge in [0.05, 0.1) is 5.56 Å². The molecule has 0 saturated carbocycles. The zero-order valence-corrected chi connectivity index (χ0v) is 9.10. The summed E-state index contributed by atoms with van der Waals surface area (Å²) in [5.41, 5.74) is -0.200. The number of Topliss-reactive ketones (excluding diaryl/α,β-unsaturated/α-hetero) is 1. The maximum absolute atomic E-state index is 11.5. The Balaban J connectivity index is 2.95. The lowest BCUT2D eigenvalue weighted by molar-refractivity contribution is 0.0694. The summed E-state index contributed by atoms with van der Waals surface area (Å²) in [6, 6.07) is 8.22. The highest BCUT2D eigenvalue weighted by Gasteiger charge is 2.19. The zero-order valence-electron chi connectivity index (χ0n) is 9.10. The van der Waals surface area contributed by atoms with Crippen molar-refractivity contribution in [3.63, 3.8) is 0 Å². The van der Waals surface area contributed by atoms with Gasteiger partial charge < -0.3 is 10.2 Å². The molecule has 2 N–H and O–H groups in total. The Labute approximate surface area is 97.1 Å². The molecule has 0 aliphatic carbocycles. The van der Waals surface area contributed by atoms with Gasteiger partial charge in [0.2, 0.25) is 0 Å². The first kappa shape index (κ1) is 11.1. The molecule has 0 spiro atoms. The summed E-state index contributed by atoms with van der Waals surface area (Å²) in [7, 11) is 0. The minimum atomic E-state index is -1.25. The maximum Gasteiger partial charge on any atom is 0.339 e. The lowest BCUT2D eigenvalue weighted by atomic mass is 9.97. The fourth-order valence-corrected chi connectivity index (χ4v) is 1.86. The van der Waals surface area contributed by atoms with Gasteiger partial charge in [-0.1, -0.05) is 24.3 Å². The zero-order chi connectivity index (χ0) is 12.6. The Bertz CT molecular complexity index is 629. The Morgan fingerprint density at radius 1 is 1.18 bits per heavy atom. The van der Waals surface area contributed by atoms with Crippen LogP contribution in [0, 0.1) is 0 Å². The molecule has 2 rings (SSSR count). The number of aromatic carboxylic acids is 1. The molecule has 4 nitrogen and oxygen atoms in total. The quantitative estimate of drug-likeness (QED) is 0.777. The van der Waals surface area contributed by atoms with Crippen LogP contribution in [0.5, 0.6) is 5.75 Å². The molecule has 0 amide bonds. The number of carbonyl (C=O) groups is 2. The maximum atomic E-state index is 11.5. The topological polar surface area (TPSA) is 74.6 Å². The number of carbonyl (C=O) groups excluding carboxylic acids is 1. The monoisotopic (exact) mass is 230 g/mol. The Morgan fingerprint density at radius 3 is 2.41 bits per heavy atom. The molecule has 0 aliphatic heterocycles. The number of hydrogen-bond acceptors (Lipinski definition) is 3. The van der Waals surface area contributed by atoms with Crippen molar-refractivity contribution in [3.8, 4) is 5.75 Å². The van der Waals surface area contributed by atoms with Crippen LogP contribution in [0.25, 0.3) is 10.8 Å². The third-order valence-corrected chi connectivity index (χ3v) is 2.60. The van der Waals surface area contributed by atoms with Crippen LogP contribution < -0.4 is 0 Å². The van der Waals surface area contributed by atoms with E-state index in [-0.39, 0.29) is 16.9 Å². The van der Waals surface area contributed by atoms with Gasteiger partial charge in [-0.15, -0.1) is 0 Å². The first-order valence-corrected chi connectivity index (χ1v) is 5.01. The third-order valence-electron chi connectivity index (χ3n) is 2.60. The molecule has 17 heavy (non-hydrogen) atoms. The molecular weight excluding hydrogens is 220 g/mol. The van der Waals surface area contributed by atoms with Crippen LogP contribution in [0.3, 0.4) is 0 Å². The number of rotatable bonds is 2. The van der Waals surface area contributed by atoms with Crippen LogP contribution in [-0.4, -0.2) is 22.0 Å². The molecule has 0 fully saturated rings. The van der Waals surface area contributed by atoms with Crippen LogP contribution in [0.15, 0.2) is 30.3 Å². The number of aromatic hydroxyl groups is 1. The van der Waals surface area contributed by atoms with Crippen molar-refractivity contribution in [2.24, 2.45) is 0 Å². The second-order valence-corrected chi connectivity index (χ2v) is 3.73. The second-order valence-electron chi connectivity index (χ2n) is 3.73. The van der Waals surface area contributed by atoms with Crippen molar-refractivity contribution < 1.29 is 19.8 Å². The summed E-state index contributed by atoms with van der Waals surface area (Å²) in [5.74, 6) is -2.08. The summed E-state index contributed by atoms with van der Waals surface area (Å²) in [6.45, 7) is 1.30. The molecule has 86 valence electrons. The fraction of sp³-hybridized carbons (Fsp3) is 0.0769. The van der Waals surface area contributed by atoms with Crippen molar-refractivity contribution in [2.45, 2.75) is 6.92 Å². The predicted molar refractivity (Wildman–Crippen MR) is 62.6 cm³/mol. The van der Waals surface area contributed by atoms with E-state index in [9.17, 15) is 14.7 Å². The highest BCUT2D eigenvalue weighted by Crippen LogP contribution is 2.31. The average molecular weight is 230 g/mol. The molecule has 0 heterocycles. The van der Waals surface area contributed by atoms with Crippen molar-refractivity contribution in [2.75, 3.05) is 0 Å². The van der Waals surface area contributed by atoms with E-state index in [1.807, 2.05) is 0 Å². The lowest BCUT2D eigenvalue weighted by Gasteiger charge is -2.09. The first-order chi connectivity index (χ1) is 8.02. The SMILES string of the molecule is CC(=O)c1c(O)c(C(=O)O)cc2ccccc12. The van der Waals surface area contributed by atoms with E-state index < -0.39 is 11.7 Å². The number of benzene rings is 2. The number of phenols is 1. The Kier molecular flexibility index (Phi) is 2.55. The minimum absolute atomic E-state index is 0.0560. The van der Waals surface area contributed by atoms with Crippen LogP contribution in [0.1, 0.15) is 27.6 Å². The molecule has 2 aromatic carbocycles. The van der Waals surface area contributed by atoms with Crippen LogP contribution in [0.2, 0.25) is 0 Å². The van der Waals surface area contributed by atoms with Gasteiger partial charge in [0, 0.05) is 0 Å². The van der Waals surface area contributed by atoms with Gasteiger partial charge in [0.25, 0.3) is 0 Å². The largest absolute Gasteiger partial charge is 0.506 e. The highest BCUT2D eigenvalue weighted by molar-refractivity contribution is 6.13. The van der Waals surface area contributed by atoms with Gasteiger partial charge in [-0.3, -0.25) is 4.79 Å². The third kappa shape index (κ3) is 1.73. The van der Waals surface area contributed by atoms with Gasteiger partial charge in [0.1, 0.15) is 11.3 Å². The minimum Gasteiger partial charge on any atom is -0.506 e. The van der Waals surface area contributed by atoms with Gasteiger partial charge in [-0.2, -0.15) is 0 Å². The normalized spacial score (nSPS) is 10.4. The molecule has 0 atom stereocenters. The second kappa shape index (κ2) is 3.90. The summed E-state index contributed by atoms with van der Waals surface area (Å²) in [6.07, 6.45) is 0. The van der Waals surface area contributed by atoms with Crippen LogP contribution in [0.4, 0.5) is 0 Å². The molecule has 0 aromatic heterocycles. The summed E-state index contributed by atoms with van der Waals surface area (Å²) in [4.78, 5) is 22.5. The average Bonchev–Trinajstić information content (AvgIpc) is 2.27. The van der Waals surface area contributed by atoms with Crippen LogP contribution in [-0.2, 0) is 0 Å². The number of carboxylic acids is 1. The summed E-state index contributed by atoms with van der Waals surface area (Å²) >= 11 is 0. The molecule has 0 aliphatic rings. The van der Waals surface area contributed by atoms with E-state index in [1.165, 1.54) is 13.0 Å². The molecule has 0 bridgehead atoms. The van der Waals surface area contributed by atoms with Crippen molar-refractivity contribution in [1.29, 1.82) is 0 Å². The van der Waals surface area contributed by atoms with Gasteiger partial charge in [-0.25, -0.2) is 4.79 Å². The molecule has 2 aromatic rings. The summed E-state index contributed by atoms with van der Waals surface area (Å²) < 4.78 is 0. The Morgan fingerprint density at radius 2 is 1.82 bits per heavy atom. The van der Waals surface area contributed by atoms with E-state index in [1.54, 1.807) is 24.3 Å². The number of ketones is 1. The molecule has 4 heteroatoms. The molecular formula is C13H10O4. The van der Waals surface area contributed by atoms with Crippen molar-refractivity contribution in [3.05, 3.63) is 41.5 Å². The lowest BCUT2D eigenvalue weighted by Crippen LogP contribution is -2.03. The first-order valence-electron chi connectivity index (χ1n) is 5.01. The summed E-state index contributed by atoms with van der Waals surface area (Å²) in [5, 5.41) is 20.0. The van der Waals surface area contributed by atoms with Crippen LogP contribution >= 0.6 is 0 Å². The van der Waals surface area contributed by atoms with E-state index in [0.717, 1.165) is 0 Å². The van der Waals surface area contributed by atoms with E-state index in [2.05, 4.69) is 0 Å².